The van der Waals surface area contributed by atoms with Crippen LogP contribution < -0.4 is 20.1 Å². The van der Waals surface area contributed by atoms with E-state index in [1.807, 2.05) is 0 Å². The predicted octanol–water partition coefficient (Wildman–Crippen LogP) is 3.16. The topological polar surface area (TPSA) is 106 Å². The zero-order valence-electron chi connectivity index (χ0n) is 16.8. The SMILES string of the molecule is CCCCCCOC(=O)C1=C(C)NC(=O)N[C@@H]1c1cc(OC)c(O)c(OC)c1. The number of rotatable bonds is 9. The number of hydrogen-bond donors (Lipinski definition) is 3. The van der Waals surface area contributed by atoms with Gasteiger partial charge in [0.15, 0.2) is 11.5 Å². The summed E-state index contributed by atoms with van der Waals surface area (Å²) in [5.41, 5.74) is 1.24. The summed E-state index contributed by atoms with van der Waals surface area (Å²) in [6, 6.07) is 1.90. The molecule has 2 rings (SSSR count). The van der Waals surface area contributed by atoms with Gasteiger partial charge < -0.3 is 30.0 Å². The lowest BCUT2D eigenvalue weighted by Crippen LogP contribution is -2.45. The van der Waals surface area contributed by atoms with Crippen molar-refractivity contribution in [3.05, 3.63) is 29.0 Å². The van der Waals surface area contributed by atoms with Crippen LogP contribution in [-0.2, 0) is 9.53 Å². The molecule has 0 unspecified atom stereocenters. The van der Waals surface area contributed by atoms with Gasteiger partial charge in [0.25, 0.3) is 0 Å². The van der Waals surface area contributed by atoms with Crippen molar-refractivity contribution in [2.24, 2.45) is 0 Å². The Balaban J connectivity index is 2.31. The van der Waals surface area contributed by atoms with E-state index >= 15 is 0 Å². The molecule has 1 aliphatic heterocycles. The minimum atomic E-state index is -0.764. The molecular weight excluding hydrogens is 364 g/mol. The number of phenols is 1. The second-order valence-electron chi connectivity index (χ2n) is 6.54. The Morgan fingerprint density at radius 2 is 1.79 bits per heavy atom. The molecule has 0 aliphatic carbocycles. The summed E-state index contributed by atoms with van der Waals surface area (Å²) < 4.78 is 15.8. The molecule has 0 spiro atoms. The number of ether oxygens (including phenoxy) is 3. The molecule has 1 heterocycles. The molecule has 1 aromatic carbocycles. The van der Waals surface area contributed by atoms with Crippen molar-refractivity contribution in [2.45, 2.75) is 45.6 Å². The molecule has 1 aliphatic rings. The Kier molecular flexibility index (Phi) is 7.54. The summed E-state index contributed by atoms with van der Waals surface area (Å²) >= 11 is 0. The standard InChI is InChI=1S/C20H28N2O6/c1-5-6-7-8-9-28-19(24)16-12(2)21-20(25)22-17(16)13-10-14(26-3)18(23)15(11-13)27-4/h10-11,17,23H,5-9H2,1-4H3,(H2,21,22,25)/t17-/m1/s1. The van der Waals surface area contributed by atoms with Crippen LogP contribution in [0.5, 0.6) is 17.2 Å². The monoisotopic (exact) mass is 392 g/mol. The van der Waals surface area contributed by atoms with E-state index in [1.165, 1.54) is 14.2 Å². The fourth-order valence-corrected chi connectivity index (χ4v) is 3.07. The highest BCUT2D eigenvalue weighted by molar-refractivity contribution is 5.95. The first-order chi connectivity index (χ1) is 13.4. The molecule has 8 nitrogen and oxygen atoms in total. The number of nitrogens with one attached hydrogen (secondary N) is 2. The first-order valence-corrected chi connectivity index (χ1v) is 9.33. The van der Waals surface area contributed by atoms with E-state index in [-0.39, 0.29) is 17.2 Å². The summed E-state index contributed by atoms with van der Waals surface area (Å²) in [6.45, 7) is 4.08. The van der Waals surface area contributed by atoms with Crippen LogP contribution in [0.2, 0.25) is 0 Å². The lowest BCUT2D eigenvalue weighted by atomic mass is 9.95. The zero-order chi connectivity index (χ0) is 20.7. The zero-order valence-corrected chi connectivity index (χ0v) is 16.8. The second-order valence-corrected chi connectivity index (χ2v) is 6.54. The minimum absolute atomic E-state index is 0.158. The van der Waals surface area contributed by atoms with Crippen molar-refractivity contribution in [1.82, 2.24) is 10.6 Å². The van der Waals surface area contributed by atoms with E-state index in [9.17, 15) is 14.7 Å². The second kappa shape index (κ2) is 9.87. The third-order valence-corrected chi connectivity index (χ3v) is 4.56. The maximum atomic E-state index is 12.7. The van der Waals surface area contributed by atoms with Crippen LogP contribution in [0, 0.1) is 0 Å². The van der Waals surface area contributed by atoms with Crippen LogP contribution in [0.4, 0.5) is 4.79 Å². The summed E-state index contributed by atoms with van der Waals surface area (Å²) in [6.07, 6.45) is 3.97. The number of carbonyl (C=O) groups excluding carboxylic acids is 2. The Labute approximate surface area is 164 Å². The van der Waals surface area contributed by atoms with Gasteiger partial charge in [-0.2, -0.15) is 0 Å². The number of carbonyl (C=O) groups is 2. The third kappa shape index (κ3) is 4.88. The molecule has 3 N–H and O–H groups in total. The maximum absolute atomic E-state index is 12.7. The molecule has 0 saturated carbocycles. The van der Waals surface area contributed by atoms with E-state index in [0.717, 1.165) is 25.7 Å². The average Bonchev–Trinajstić information content (AvgIpc) is 2.67. The van der Waals surface area contributed by atoms with E-state index in [4.69, 9.17) is 14.2 Å². The van der Waals surface area contributed by atoms with E-state index in [1.54, 1.807) is 19.1 Å². The largest absolute Gasteiger partial charge is 0.502 e. The fourth-order valence-electron chi connectivity index (χ4n) is 3.07. The van der Waals surface area contributed by atoms with Crippen molar-refractivity contribution >= 4 is 12.0 Å². The summed E-state index contributed by atoms with van der Waals surface area (Å²) in [4.78, 5) is 24.7. The number of allylic oxidation sites excluding steroid dienone is 1. The Morgan fingerprint density at radius 3 is 2.36 bits per heavy atom. The van der Waals surface area contributed by atoms with Gasteiger partial charge in [0, 0.05) is 5.70 Å². The lowest BCUT2D eigenvalue weighted by molar-refractivity contribution is -0.139. The summed E-state index contributed by atoms with van der Waals surface area (Å²) in [7, 11) is 2.82. The highest BCUT2D eigenvalue weighted by Crippen LogP contribution is 2.40. The number of hydrogen-bond acceptors (Lipinski definition) is 6. The number of aromatic hydroxyl groups is 1. The first kappa shape index (κ1) is 21.4. The van der Waals surface area contributed by atoms with Crippen LogP contribution in [0.1, 0.15) is 51.1 Å². The average molecular weight is 392 g/mol. The van der Waals surface area contributed by atoms with Crippen molar-refractivity contribution in [2.75, 3.05) is 20.8 Å². The minimum Gasteiger partial charge on any atom is -0.502 e. The van der Waals surface area contributed by atoms with Gasteiger partial charge in [-0.3, -0.25) is 0 Å². The molecule has 1 atom stereocenters. The summed E-state index contributed by atoms with van der Waals surface area (Å²) in [5.74, 6) is -0.314. The van der Waals surface area contributed by atoms with Gasteiger partial charge in [-0.1, -0.05) is 26.2 Å². The Morgan fingerprint density at radius 1 is 1.14 bits per heavy atom. The molecule has 8 heteroatoms. The smallest absolute Gasteiger partial charge is 0.338 e. The number of amides is 2. The predicted molar refractivity (Wildman–Crippen MR) is 103 cm³/mol. The van der Waals surface area contributed by atoms with Gasteiger partial charge in [0.1, 0.15) is 0 Å². The van der Waals surface area contributed by atoms with Crippen LogP contribution in [0.3, 0.4) is 0 Å². The third-order valence-electron chi connectivity index (χ3n) is 4.56. The molecule has 0 saturated heterocycles. The molecule has 0 fully saturated rings. The van der Waals surface area contributed by atoms with E-state index < -0.39 is 18.0 Å². The highest BCUT2D eigenvalue weighted by atomic mass is 16.5. The van der Waals surface area contributed by atoms with Gasteiger partial charge in [0.05, 0.1) is 32.4 Å². The number of esters is 1. The van der Waals surface area contributed by atoms with E-state index in [2.05, 4.69) is 17.6 Å². The molecule has 1 aromatic rings. The Bertz CT molecular complexity index is 734. The quantitative estimate of drug-likeness (QED) is 0.440. The van der Waals surface area contributed by atoms with Gasteiger partial charge in [-0.05, 0) is 31.0 Å². The van der Waals surface area contributed by atoms with Gasteiger partial charge >= 0.3 is 12.0 Å². The molecule has 2 amide bonds. The highest BCUT2D eigenvalue weighted by Gasteiger charge is 2.33. The normalized spacial score (nSPS) is 16.3. The van der Waals surface area contributed by atoms with Crippen LogP contribution >= 0.6 is 0 Å². The number of benzene rings is 1. The fraction of sp³-hybridized carbons (Fsp3) is 0.500. The number of phenolic OH excluding ortho intramolecular Hbond substituents is 1. The number of unbranched alkanes of at least 4 members (excludes halogenated alkanes) is 3. The number of methoxy groups -OCH3 is 2. The van der Waals surface area contributed by atoms with Gasteiger partial charge in [-0.15, -0.1) is 0 Å². The molecule has 0 aromatic heterocycles. The van der Waals surface area contributed by atoms with Gasteiger partial charge in [-0.25, -0.2) is 9.59 Å². The first-order valence-electron chi connectivity index (χ1n) is 9.33. The van der Waals surface area contributed by atoms with Crippen LogP contribution in [-0.4, -0.2) is 37.9 Å². The van der Waals surface area contributed by atoms with Crippen molar-refractivity contribution in [3.63, 3.8) is 0 Å². The lowest BCUT2D eigenvalue weighted by Gasteiger charge is -2.28. The molecule has 0 bridgehead atoms. The Hall–Kier alpha value is -2.90. The molecule has 28 heavy (non-hydrogen) atoms. The molecule has 0 radical (unpaired) electrons. The van der Waals surface area contributed by atoms with Crippen molar-refractivity contribution in [3.8, 4) is 17.2 Å². The van der Waals surface area contributed by atoms with Crippen LogP contribution in [0.25, 0.3) is 0 Å². The van der Waals surface area contributed by atoms with Crippen LogP contribution in [0.15, 0.2) is 23.4 Å². The molecular formula is C20H28N2O6. The van der Waals surface area contributed by atoms with Crippen molar-refractivity contribution < 1.29 is 28.9 Å². The van der Waals surface area contributed by atoms with Gasteiger partial charge in [0.2, 0.25) is 5.75 Å². The van der Waals surface area contributed by atoms with E-state index in [0.29, 0.717) is 23.4 Å². The summed E-state index contributed by atoms with van der Waals surface area (Å²) in [5, 5.41) is 15.5. The maximum Gasteiger partial charge on any atom is 0.338 e. The van der Waals surface area contributed by atoms with Crippen molar-refractivity contribution in [1.29, 1.82) is 0 Å². The molecule has 154 valence electrons. The number of urea groups is 1.